The third-order valence-electron chi connectivity index (χ3n) is 3.02. The maximum Gasteiger partial charge on any atom is 0.307 e. The van der Waals surface area contributed by atoms with Gasteiger partial charge in [-0.05, 0) is 18.2 Å². The second-order valence-corrected chi connectivity index (χ2v) is 5.46. The maximum absolute atomic E-state index is 11.1. The molecule has 1 fully saturated rings. The number of anilines is 1. The average Bonchev–Trinajstić information content (AvgIpc) is 2.84. The van der Waals surface area contributed by atoms with Crippen LogP contribution in [0.3, 0.4) is 0 Å². The van der Waals surface area contributed by atoms with E-state index in [1.54, 1.807) is 24.4 Å². The smallest absolute Gasteiger partial charge is 0.307 e. The molecule has 0 bridgehead atoms. The van der Waals surface area contributed by atoms with Crippen LogP contribution in [-0.2, 0) is 4.74 Å². The number of aromatic amines is 1. The molecule has 0 radical (unpaired) electrons. The van der Waals surface area contributed by atoms with E-state index in [0.717, 1.165) is 24.4 Å². The molecule has 1 aliphatic heterocycles. The SMILES string of the molecule is O=c1[nH]c(O)c(C=Cc2ccnc(N3CCOCC3)n2)s1. The Kier molecular flexibility index (Phi) is 3.98. The molecular weight excluding hydrogens is 292 g/mol. The van der Waals surface area contributed by atoms with E-state index in [1.165, 1.54) is 0 Å². The number of aromatic nitrogens is 3. The summed E-state index contributed by atoms with van der Waals surface area (Å²) in [5.74, 6) is 0.538. The van der Waals surface area contributed by atoms with Crippen molar-refractivity contribution in [2.45, 2.75) is 0 Å². The first-order chi connectivity index (χ1) is 10.2. The second-order valence-electron chi connectivity index (χ2n) is 4.44. The highest BCUT2D eigenvalue weighted by Crippen LogP contribution is 2.19. The van der Waals surface area contributed by atoms with Crippen LogP contribution in [0.25, 0.3) is 12.2 Å². The van der Waals surface area contributed by atoms with Crippen molar-refractivity contribution < 1.29 is 9.84 Å². The number of ether oxygens (including phenoxy) is 1. The van der Waals surface area contributed by atoms with Gasteiger partial charge in [-0.25, -0.2) is 9.97 Å². The predicted octanol–water partition coefficient (Wildman–Crippen LogP) is 0.939. The van der Waals surface area contributed by atoms with Crippen LogP contribution in [-0.4, -0.2) is 46.4 Å². The van der Waals surface area contributed by atoms with E-state index in [2.05, 4.69) is 19.9 Å². The lowest BCUT2D eigenvalue weighted by molar-refractivity contribution is 0.122. The van der Waals surface area contributed by atoms with Crippen molar-refractivity contribution in [1.29, 1.82) is 0 Å². The Labute approximate surface area is 124 Å². The number of rotatable bonds is 3. The Balaban J connectivity index is 1.79. The number of hydrogen-bond donors (Lipinski definition) is 2. The van der Waals surface area contributed by atoms with E-state index in [4.69, 9.17) is 4.74 Å². The number of aromatic hydroxyl groups is 1. The first-order valence-electron chi connectivity index (χ1n) is 6.48. The monoisotopic (exact) mass is 306 g/mol. The summed E-state index contributed by atoms with van der Waals surface area (Å²) in [5, 5.41) is 9.52. The topological polar surface area (TPSA) is 91.3 Å². The Bertz CT molecular complexity index is 703. The van der Waals surface area contributed by atoms with Crippen LogP contribution in [0.2, 0.25) is 0 Å². The third-order valence-corrected chi connectivity index (χ3v) is 3.86. The van der Waals surface area contributed by atoms with Crippen LogP contribution >= 0.6 is 11.3 Å². The minimum absolute atomic E-state index is 0.122. The van der Waals surface area contributed by atoms with Gasteiger partial charge in [0, 0.05) is 19.3 Å². The number of hydrogen-bond acceptors (Lipinski definition) is 7. The highest BCUT2D eigenvalue weighted by molar-refractivity contribution is 7.10. The summed E-state index contributed by atoms with van der Waals surface area (Å²) in [7, 11) is 0. The minimum Gasteiger partial charge on any atom is -0.493 e. The van der Waals surface area contributed by atoms with Gasteiger partial charge < -0.3 is 14.7 Å². The molecule has 0 spiro atoms. The summed E-state index contributed by atoms with van der Waals surface area (Å²) >= 11 is 0.948. The minimum atomic E-state index is -0.288. The van der Waals surface area contributed by atoms with Crippen molar-refractivity contribution in [2.24, 2.45) is 0 Å². The Morgan fingerprint density at radius 1 is 1.38 bits per heavy atom. The summed E-state index contributed by atoms with van der Waals surface area (Å²) in [6, 6.07) is 1.77. The molecule has 3 rings (SSSR count). The van der Waals surface area contributed by atoms with Gasteiger partial charge in [0.2, 0.25) is 11.8 Å². The normalized spacial score (nSPS) is 15.7. The number of H-pyrrole nitrogens is 1. The van der Waals surface area contributed by atoms with Crippen molar-refractivity contribution in [1.82, 2.24) is 15.0 Å². The molecule has 0 atom stereocenters. The average molecular weight is 306 g/mol. The van der Waals surface area contributed by atoms with Crippen LogP contribution in [0.4, 0.5) is 5.95 Å². The fourth-order valence-corrected chi connectivity index (χ4v) is 2.61. The maximum atomic E-state index is 11.1. The largest absolute Gasteiger partial charge is 0.493 e. The fraction of sp³-hybridized carbons (Fsp3) is 0.308. The van der Waals surface area contributed by atoms with Gasteiger partial charge in [-0.1, -0.05) is 11.3 Å². The third kappa shape index (κ3) is 3.29. The van der Waals surface area contributed by atoms with E-state index in [0.29, 0.717) is 29.7 Å². The first kappa shape index (κ1) is 13.8. The second kappa shape index (κ2) is 6.06. The molecule has 8 heteroatoms. The van der Waals surface area contributed by atoms with Gasteiger partial charge >= 0.3 is 4.87 Å². The quantitative estimate of drug-likeness (QED) is 0.877. The van der Waals surface area contributed by atoms with E-state index in [9.17, 15) is 9.90 Å². The first-order valence-corrected chi connectivity index (χ1v) is 7.30. The summed E-state index contributed by atoms with van der Waals surface area (Å²) in [4.78, 5) is 24.4. The lowest BCUT2D eigenvalue weighted by Gasteiger charge is -2.26. The number of morpholine rings is 1. The molecule has 110 valence electrons. The zero-order valence-electron chi connectivity index (χ0n) is 11.2. The van der Waals surface area contributed by atoms with E-state index >= 15 is 0 Å². The Morgan fingerprint density at radius 2 is 2.19 bits per heavy atom. The van der Waals surface area contributed by atoms with Gasteiger partial charge in [-0.3, -0.25) is 9.78 Å². The van der Waals surface area contributed by atoms with Gasteiger partial charge in [0.15, 0.2) is 0 Å². The van der Waals surface area contributed by atoms with Crippen LogP contribution in [0.15, 0.2) is 17.1 Å². The van der Waals surface area contributed by atoms with Crippen molar-refractivity contribution in [3.63, 3.8) is 0 Å². The molecule has 2 N–H and O–H groups in total. The standard InChI is InChI=1S/C13H14N4O3S/c18-11-10(21-13(19)16-11)2-1-9-3-4-14-12(15-9)17-5-7-20-8-6-17/h1-4,18H,5-8H2,(H,16,19). The zero-order valence-corrected chi connectivity index (χ0v) is 12.0. The molecule has 7 nitrogen and oxygen atoms in total. The molecule has 0 aliphatic carbocycles. The fourth-order valence-electron chi connectivity index (χ4n) is 1.98. The zero-order chi connectivity index (χ0) is 14.7. The molecule has 0 amide bonds. The van der Waals surface area contributed by atoms with E-state index in [-0.39, 0.29) is 10.8 Å². The molecule has 1 aliphatic rings. The van der Waals surface area contributed by atoms with E-state index < -0.39 is 0 Å². The summed E-state index contributed by atoms with van der Waals surface area (Å²) in [6.07, 6.45) is 5.09. The van der Waals surface area contributed by atoms with Gasteiger partial charge in [0.05, 0.1) is 23.8 Å². The molecule has 2 aromatic rings. The molecule has 2 aromatic heterocycles. The predicted molar refractivity (Wildman–Crippen MR) is 80.6 cm³/mol. The Hall–Kier alpha value is -2.19. The van der Waals surface area contributed by atoms with Crippen LogP contribution in [0, 0.1) is 0 Å². The van der Waals surface area contributed by atoms with Crippen LogP contribution in [0.1, 0.15) is 10.6 Å². The highest BCUT2D eigenvalue weighted by Gasteiger charge is 2.13. The molecule has 21 heavy (non-hydrogen) atoms. The van der Waals surface area contributed by atoms with Crippen molar-refractivity contribution in [3.8, 4) is 5.88 Å². The van der Waals surface area contributed by atoms with Gasteiger partial charge in [0.1, 0.15) is 0 Å². The Morgan fingerprint density at radius 3 is 2.90 bits per heavy atom. The molecule has 3 heterocycles. The lowest BCUT2D eigenvalue weighted by atomic mass is 10.3. The summed E-state index contributed by atoms with van der Waals surface area (Å²) in [6.45, 7) is 2.89. The number of nitrogens with zero attached hydrogens (tertiary/aromatic N) is 3. The molecule has 0 aromatic carbocycles. The van der Waals surface area contributed by atoms with Crippen LogP contribution < -0.4 is 9.77 Å². The van der Waals surface area contributed by atoms with Crippen molar-refractivity contribution >= 4 is 29.4 Å². The summed E-state index contributed by atoms with van der Waals surface area (Å²) < 4.78 is 5.30. The van der Waals surface area contributed by atoms with Crippen molar-refractivity contribution in [3.05, 3.63) is 32.5 Å². The number of thiazole rings is 1. The van der Waals surface area contributed by atoms with E-state index in [1.807, 2.05) is 0 Å². The van der Waals surface area contributed by atoms with Crippen molar-refractivity contribution in [2.75, 3.05) is 31.2 Å². The lowest BCUT2D eigenvalue weighted by Crippen LogP contribution is -2.37. The molecule has 0 saturated carbocycles. The van der Waals surface area contributed by atoms with Gasteiger partial charge in [-0.15, -0.1) is 0 Å². The van der Waals surface area contributed by atoms with Gasteiger partial charge in [-0.2, -0.15) is 0 Å². The molecular formula is C13H14N4O3S. The van der Waals surface area contributed by atoms with Crippen LogP contribution in [0.5, 0.6) is 5.88 Å². The molecule has 1 saturated heterocycles. The van der Waals surface area contributed by atoms with Gasteiger partial charge in [0.25, 0.3) is 0 Å². The summed E-state index contributed by atoms with van der Waals surface area (Å²) in [5.41, 5.74) is 0.715. The molecule has 0 unspecified atom stereocenters. The number of nitrogens with one attached hydrogen (secondary N) is 1. The highest BCUT2D eigenvalue weighted by atomic mass is 32.1.